The van der Waals surface area contributed by atoms with Crippen molar-refractivity contribution in [3.8, 4) is 0 Å². The summed E-state index contributed by atoms with van der Waals surface area (Å²) >= 11 is 0. The normalized spacial score (nSPS) is 13.0. The van der Waals surface area contributed by atoms with E-state index in [0.717, 1.165) is 51.4 Å². The van der Waals surface area contributed by atoms with Crippen molar-refractivity contribution in [3.05, 3.63) is 12.2 Å². The monoisotopic (exact) mass is 623 g/mol. The minimum Gasteiger partial charge on any atom is -0.457 e. The summed E-state index contributed by atoms with van der Waals surface area (Å²) in [4.78, 5) is 24.6. The zero-order valence-electron chi connectivity index (χ0n) is 29.3. The molecule has 0 radical (unpaired) electrons. The smallest absolute Gasteiger partial charge is 0.306 e. The number of carbonyl (C=O) groups is 2. The molecule has 2 N–H and O–H groups in total. The quantitative estimate of drug-likeness (QED) is 0.0417. The summed E-state index contributed by atoms with van der Waals surface area (Å²) in [5.41, 5.74) is 0. The van der Waals surface area contributed by atoms with Crippen LogP contribution in [0.5, 0.6) is 0 Å². The number of ketones is 1. The lowest BCUT2D eigenvalue weighted by atomic mass is 10.0. The number of hydrogen-bond donors (Lipinski definition) is 2. The van der Waals surface area contributed by atoms with E-state index in [0.29, 0.717) is 0 Å². The van der Waals surface area contributed by atoms with E-state index in [9.17, 15) is 19.8 Å². The van der Waals surface area contributed by atoms with Gasteiger partial charge >= 0.3 is 5.97 Å². The molecular formula is C39H74O5. The molecule has 0 fully saturated rings. The first-order chi connectivity index (χ1) is 21.6. The molecule has 2 unspecified atom stereocenters. The molecule has 0 amide bonds. The van der Waals surface area contributed by atoms with Gasteiger partial charge in [0.25, 0.3) is 0 Å². The van der Waals surface area contributed by atoms with Crippen molar-refractivity contribution in [2.24, 2.45) is 0 Å². The highest BCUT2D eigenvalue weighted by atomic mass is 16.6. The molecular weight excluding hydrogens is 548 g/mol. The predicted octanol–water partition coefficient (Wildman–Crippen LogP) is 11.1. The van der Waals surface area contributed by atoms with Gasteiger partial charge in [0.2, 0.25) is 0 Å². The third-order valence-electron chi connectivity index (χ3n) is 8.81. The Morgan fingerprint density at radius 3 is 1.25 bits per heavy atom. The number of Topliss-reactive ketones (excluding diaryl/α,β-unsaturated/α-hetero) is 1. The number of carbonyl (C=O) groups excluding carboxylic acids is 2. The van der Waals surface area contributed by atoms with Gasteiger partial charge in [0.05, 0.1) is 6.61 Å². The third kappa shape index (κ3) is 29.5. The van der Waals surface area contributed by atoms with E-state index in [1.807, 2.05) is 0 Å². The highest BCUT2D eigenvalue weighted by Crippen LogP contribution is 2.15. The predicted molar refractivity (Wildman–Crippen MR) is 187 cm³/mol. The summed E-state index contributed by atoms with van der Waals surface area (Å²) in [6, 6.07) is 0. The number of aliphatic hydroxyl groups is 2. The fourth-order valence-corrected chi connectivity index (χ4v) is 5.80. The zero-order chi connectivity index (χ0) is 32.4. The Bertz CT molecular complexity index is 646. The second kappa shape index (κ2) is 34.7. The topological polar surface area (TPSA) is 83.8 Å². The van der Waals surface area contributed by atoms with Gasteiger partial charge in [-0.05, 0) is 38.5 Å². The first kappa shape index (κ1) is 42.8. The van der Waals surface area contributed by atoms with Gasteiger partial charge in [-0.2, -0.15) is 0 Å². The van der Waals surface area contributed by atoms with E-state index in [1.165, 1.54) is 128 Å². The summed E-state index contributed by atoms with van der Waals surface area (Å²) in [6.07, 6.45) is 37.0. The molecule has 0 rings (SSSR count). The van der Waals surface area contributed by atoms with Gasteiger partial charge in [-0.3, -0.25) is 9.59 Å². The van der Waals surface area contributed by atoms with E-state index < -0.39 is 24.8 Å². The molecule has 0 spiro atoms. The van der Waals surface area contributed by atoms with Crippen LogP contribution in [0, 0.1) is 0 Å². The lowest BCUT2D eigenvalue weighted by Gasteiger charge is -2.20. The van der Waals surface area contributed by atoms with Crippen molar-refractivity contribution in [3.63, 3.8) is 0 Å². The Balaban J connectivity index is 3.68. The molecule has 0 aliphatic rings. The van der Waals surface area contributed by atoms with Crippen molar-refractivity contribution in [1.82, 2.24) is 0 Å². The molecule has 44 heavy (non-hydrogen) atoms. The molecule has 260 valence electrons. The minimum atomic E-state index is -1.44. The number of unbranched alkanes of at least 4 members (excludes halogenated alkanes) is 25. The van der Waals surface area contributed by atoms with E-state index in [-0.39, 0.29) is 18.6 Å². The molecule has 0 aliphatic heterocycles. The Morgan fingerprint density at radius 1 is 0.523 bits per heavy atom. The van der Waals surface area contributed by atoms with Crippen LogP contribution >= 0.6 is 0 Å². The second-order valence-corrected chi connectivity index (χ2v) is 13.2. The number of rotatable bonds is 35. The summed E-state index contributed by atoms with van der Waals surface area (Å²) in [5, 5.41) is 20.0. The SMILES string of the molecule is CCCCCCCCC=CCCCCCCCC(=O)OC(CO)C(O)C(=O)CCCCCCCCCCCCCCCCC. The molecule has 0 aromatic carbocycles. The standard InChI is InChI=1S/C39H74O5/c1-3-5-7-9-11-13-15-17-19-21-23-25-27-29-31-33-36(41)39(43)37(35-40)44-38(42)34-32-30-28-26-24-22-20-18-16-14-12-10-8-6-4-2/h18,20,37,39-40,43H,3-17,19,21-35H2,1-2H3. The lowest BCUT2D eigenvalue weighted by Crippen LogP contribution is -2.40. The maximum atomic E-state index is 12.4. The summed E-state index contributed by atoms with van der Waals surface area (Å²) in [5.74, 6) is -0.784. The van der Waals surface area contributed by atoms with Gasteiger partial charge in [0.15, 0.2) is 18.0 Å². The van der Waals surface area contributed by atoms with E-state index in [1.54, 1.807) is 0 Å². The van der Waals surface area contributed by atoms with Gasteiger partial charge in [0, 0.05) is 12.8 Å². The fourth-order valence-electron chi connectivity index (χ4n) is 5.80. The van der Waals surface area contributed by atoms with E-state index >= 15 is 0 Å². The molecule has 0 aromatic heterocycles. The van der Waals surface area contributed by atoms with Gasteiger partial charge in [-0.25, -0.2) is 0 Å². The number of esters is 1. The van der Waals surface area contributed by atoms with Gasteiger partial charge in [-0.15, -0.1) is 0 Å². The summed E-state index contributed by atoms with van der Waals surface area (Å²) in [6.45, 7) is 3.98. The first-order valence-electron chi connectivity index (χ1n) is 19.2. The Morgan fingerprint density at radius 2 is 0.864 bits per heavy atom. The van der Waals surface area contributed by atoms with Crippen LogP contribution in [-0.4, -0.2) is 40.8 Å². The Labute approximate surface area is 273 Å². The van der Waals surface area contributed by atoms with Crippen LogP contribution in [0.3, 0.4) is 0 Å². The van der Waals surface area contributed by atoms with Gasteiger partial charge in [-0.1, -0.05) is 167 Å². The van der Waals surface area contributed by atoms with Gasteiger partial charge < -0.3 is 14.9 Å². The Hall–Kier alpha value is -1.20. The molecule has 5 heteroatoms. The minimum absolute atomic E-state index is 0.259. The second-order valence-electron chi connectivity index (χ2n) is 13.2. The number of aliphatic hydroxyl groups excluding tert-OH is 2. The van der Waals surface area contributed by atoms with Crippen molar-refractivity contribution in [2.45, 2.75) is 219 Å². The summed E-state index contributed by atoms with van der Waals surface area (Å²) in [7, 11) is 0. The fraction of sp³-hybridized carbons (Fsp3) is 0.897. The van der Waals surface area contributed by atoms with Crippen molar-refractivity contribution in [2.75, 3.05) is 6.61 Å². The van der Waals surface area contributed by atoms with Crippen LogP contribution in [0.1, 0.15) is 206 Å². The third-order valence-corrected chi connectivity index (χ3v) is 8.81. The number of allylic oxidation sites excluding steroid dienone is 2. The zero-order valence-corrected chi connectivity index (χ0v) is 29.3. The molecule has 0 saturated carbocycles. The van der Waals surface area contributed by atoms with Crippen LogP contribution in [0.2, 0.25) is 0 Å². The maximum absolute atomic E-state index is 12.4. The average molecular weight is 623 g/mol. The average Bonchev–Trinajstić information content (AvgIpc) is 3.03. The first-order valence-corrected chi connectivity index (χ1v) is 19.2. The van der Waals surface area contributed by atoms with Crippen molar-refractivity contribution < 1.29 is 24.5 Å². The molecule has 0 saturated heterocycles. The van der Waals surface area contributed by atoms with Crippen LogP contribution in [-0.2, 0) is 14.3 Å². The summed E-state index contributed by atoms with van der Waals surface area (Å²) < 4.78 is 5.26. The van der Waals surface area contributed by atoms with Crippen molar-refractivity contribution >= 4 is 11.8 Å². The maximum Gasteiger partial charge on any atom is 0.306 e. The van der Waals surface area contributed by atoms with Crippen LogP contribution < -0.4 is 0 Å². The van der Waals surface area contributed by atoms with E-state index in [2.05, 4.69) is 26.0 Å². The molecule has 0 heterocycles. The molecule has 2 atom stereocenters. The lowest BCUT2D eigenvalue weighted by molar-refractivity contribution is -0.161. The highest BCUT2D eigenvalue weighted by molar-refractivity contribution is 5.83. The van der Waals surface area contributed by atoms with E-state index in [4.69, 9.17) is 4.74 Å². The van der Waals surface area contributed by atoms with Crippen LogP contribution in [0.15, 0.2) is 12.2 Å². The van der Waals surface area contributed by atoms with Gasteiger partial charge in [0.1, 0.15) is 0 Å². The molecule has 0 bridgehead atoms. The largest absolute Gasteiger partial charge is 0.457 e. The molecule has 0 aliphatic carbocycles. The van der Waals surface area contributed by atoms with Crippen LogP contribution in [0.25, 0.3) is 0 Å². The highest BCUT2D eigenvalue weighted by Gasteiger charge is 2.28. The molecule has 0 aromatic rings. The van der Waals surface area contributed by atoms with Crippen molar-refractivity contribution in [1.29, 1.82) is 0 Å². The number of hydrogen-bond acceptors (Lipinski definition) is 5. The van der Waals surface area contributed by atoms with Crippen LogP contribution in [0.4, 0.5) is 0 Å². The molecule has 5 nitrogen and oxygen atoms in total. The Kier molecular flexibility index (Phi) is 33.7. The number of ether oxygens (including phenoxy) is 1.